The van der Waals surface area contributed by atoms with Crippen LogP contribution in [-0.4, -0.2) is 52.1 Å². The molecule has 3 unspecified atom stereocenters. The van der Waals surface area contributed by atoms with Gasteiger partial charge in [-0.15, -0.1) is 11.6 Å². The summed E-state index contributed by atoms with van der Waals surface area (Å²) in [4.78, 5) is 38.0. The van der Waals surface area contributed by atoms with E-state index >= 15 is 8.78 Å². The van der Waals surface area contributed by atoms with E-state index in [0.717, 1.165) is 12.2 Å². The molecule has 1 N–H and O–H groups in total. The molecule has 3 fully saturated rings. The van der Waals surface area contributed by atoms with Crippen molar-refractivity contribution in [2.24, 2.45) is 28.6 Å². The molecule has 0 heterocycles. The van der Waals surface area contributed by atoms with Crippen molar-refractivity contribution >= 4 is 29.1 Å². The summed E-state index contributed by atoms with van der Waals surface area (Å²) >= 11 is 5.98. The second kappa shape index (κ2) is 8.44. The number of ketones is 2. The number of allylic oxidation sites excluding steroid dienone is 4. The molecule has 0 saturated heterocycles. The third-order valence-electron chi connectivity index (χ3n) is 9.51. The number of aliphatic hydroxyl groups excluding tert-OH is 1. The van der Waals surface area contributed by atoms with E-state index in [0.29, 0.717) is 6.42 Å². The zero-order valence-corrected chi connectivity index (χ0v) is 21.1. The van der Waals surface area contributed by atoms with Crippen molar-refractivity contribution in [2.45, 2.75) is 83.3 Å². The molecule has 0 bridgehead atoms. The number of rotatable bonds is 5. The quantitative estimate of drug-likeness (QED) is 0.422. The maximum Gasteiger partial charge on any atom is 0.306 e. The van der Waals surface area contributed by atoms with E-state index in [1.54, 1.807) is 20.8 Å². The maximum atomic E-state index is 17.3. The summed E-state index contributed by atoms with van der Waals surface area (Å²) in [6, 6.07) is 0. The number of fused-ring (bicyclic) bond motifs is 5. The second-order valence-corrected chi connectivity index (χ2v) is 11.4. The van der Waals surface area contributed by atoms with Gasteiger partial charge in [0, 0.05) is 34.7 Å². The van der Waals surface area contributed by atoms with Gasteiger partial charge >= 0.3 is 5.97 Å². The SMILES string of the molecule is CCCC(=O)O[C@]1(C(=O)CCl)C(C)C[C@H]2[C@@H]3CC(F)C4=C(F)C(=O)C=C[C@]4(C)[C@@]3(F)C(O)C[C@@]21C. The van der Waals surface area contributed by atoms with Crippen molar-refractivity contribution in [3.8, 4) is 0 Å². The Labute approximate surface area is 208 Å². The Balaban J connectivity index is 1.88. The van der Waals surface area contributed by atoms with E-state index in [4.69, 9.17) is 16.3 Å². The number of halogens is 4. The molecule has 0 aliphatic heterocycles. The van der Waals surface area contributed by atoms with E-state index < -0.39 is 93.4 Å². The highest BCUT2D eigenvalue weighted by atomic mass is 35.5. The monoisotopic (exact) mass is 516 g/mol. The van der Waals surface area contributed by atoms with Crippen molar-refractivity contribution in [1.29, 1.82) is 0 Å². The summed E-state index contributed by atoms with van der Waals surface area (Å²) in [5, 5.41) is 11.4. The molecular formula is C26H32ClF3O5. The Morgan fingerprint density at radius 2 is 1.91 bits per heavy atom. The topological polar surface area (TPSA) is 80.7 Å². The summed E-state index contributed by atoms with van der Waals surface area (Å²) in [5.74, 6) is -6.28. The number of Topliss-reactive ketones (excluding diaryl/α,β-unsaturated/α-hetero) is 1. The van der Waals surface area contributed by atoms with Gasteiger partial charge in [-0.1, -0.05) is 26.8 Å². The summed E-state index contributed by atoms with van der Waals surface area (Å²) in [6.45, 7) is 6.50. The first-order valence-electron chi connectivity index (χ1n) is 12.2. The molecule has 35 heavy (non-hydrogen) atoms. The van der Waals surface area contributed by atoms with Crippen molar-refractivity contribution in [1.82, 2.24) is 0 Å². The third kappa shape index (κ3) is 3.14. The van der Waals surface area contributed by atoms with Crippen LogP contribution in [0.2, 0.25) is 0 Å². The Bertz CT molecular complexity index is 1030. The first-order chi connectivity index (χ1) is 16.3. The van der Waals surface area contributed by atoms with Gasteiger partial charge in [0.2, 0.25) is 5.78 Å². The molecule has 0 aromatic heterocycles. The van der Waals surface area contributed by atoms with Gasteiger partial charge in [0.1, 0.15) is 6.17 Å². The van der Waals surface area contributed by atoms with Gasteiger partial charge in [-0.3, -0.25) is 14.4 Å². The zero-order chi connectivity index (χ0) is 26.1. The highest BCUT2D eigenvalue weighted by Gasteiger charge is 2.78. The lowest BCUT2D eigenvalue weighted by molar-refractivity contribution is -0.230. The number of hydrogen-bond donors (Lipinski definition) is 1. The smallest absolute Gasteiger partial charge is 0.306 e. The van der Waals surface area contributed by atoms with Crippen molar-refractivity contribution in [2.75, 3.05) is 5.88 Å². The second-order valence-electron chi connectivity index (χ2n) is 11.1. The van der Waals surface area contributed by atoms with Gasteiger partial charge in [-0.25, -0.2) is 13.2 Å². The van der Waals surface area contributed by atoms with Crippen LogP contribution in [0.1, 0.15) is 59.8 Å². The first kappa shape index (κ1) is 26.4. The fourth-order valence-corrected chi connectivity index (χ4v) is 8.22. The van der Waals surface area contributed by atoms with Crippen LogP contribution < -0.4 is 0 Å². The summed E-state index contributed by atoms with van der Waals surface area (Å²) in [5.41, 5.74) is -7.91. The largest absolute Gasteiger partial charge is 0.450 e. The standard InChI is InChI=1S/C26H32ClF3O5/c1-5-6-20(34)35-26(19(33)12-27)13(2)9-14-15-10-16(28)21-22(29)17(31)7-8-23(21,3)25(15,30)18(32)11-24(14,26)4/h7-8,13-16,18,32H,5-6,9-12H2,1-4H3/t13?,14-,15-,16?,18?,23-,24-,25-,26-/m0/s1. The number of aliphatic hydroxyl groups is 1. The number of carbonyl (C=O) groups is 3. The average Bonchev–Trinajstić information content (AvgIpc) is 3.00. The van der Waals surface area contributed by atoms with Crippen LogP contribution >= 0.6 is 11.6 Å². The molecule has 9 heteroatoms. The first-order valence-corrected chi connectivity index (χ1v) is 12.8. The molecule has 0 spiro atoms. The fraction of sp³-hybridized carbons (Fsp3) is 0.731. The van der Waals surface area contributed by atoms with Crippen LogP contribution in [-0.2, 0) is 19.1 Å². The number of hydrogen-bond acceptors (Lipinski definition) is 5. The molecule has 194 valence electrons. The van der Waals surface area contributed by atoms with Crippen LogP contribution in [0, 0.1) is 28.6 Å². The predicted octanol–water partition coefficient (Wildman–Crippen LogP) is 4.74. The molecular weight excluding hydrogens is 485 g/mol. The lowest BCUT2D eigenvalue weighted by Gasteiger charge is -2.63. The summed E-state index contributed by atoms with van der Waals surface area (Å²) in [6.07, 6.45) is -1.59. The Hall–Kier alpha value is -1.67. The minimum atomic E-state index is -2.50. The highest BCUT2D eigenvalue weighted by Crippen LogP contribution is 2.72. The lowest BCUT2D eigenvalue weighted by Crippen LogP contribution is -2.71. The predicted molar refractivity (Wildman–Crippen MR) is 123 cm³/mol. The number of esters is 1. The summed E-state index contributed by atoms with van der Waals surface area (Å²) < 4.78 is 53.6. The zero-order valence-electron chi connectivity index (χ0n) is 20.4. The molecule has 4 aliphatic rings. The van der Waals surface area contributed by atoms with Gasteiger partial charge in [0.25, 0.3) is 0 Å². The van der Waals surface area contributed by atoms with E-state index in [2.05, 4.69) is 0 Å². The van der Waals surface area contributed by atoms with Crippen LogP contribution in [0.25, 0.3) is 0 Å². The molecule has 0 aromatic carbocycles. The number of alkyl halides is 3. The van der Waals surface area contributed by atoms with Gasteiger partial charge in [-0.05, 0) is 44.6 Å². The van der Waals surface area contributed by atoms with E-state index in [1.165, 1.54) is 6.92 Å². The molecule has 5 nitrogen and oxygen atoms in total. The number of ether oxygens (including phenoxy) is 1. The number of carbonyl (C=O) groups excluding carboxylic acids is 3. The van der Waals surface area contributed by atoms with Crippen molar-refractivity contribution < 1.29 is 37.4 Å². The molecule has 0 amide bonds. The maximum absolute atomic E-state index is 17.3. The van der Waals surface area contributed by atoms with Gasteiger partial charge < -0.3 is 9.84 Å². The van der Waals surface area contributed by atoms with E-state index in [-0.39, 0.29) is 19.3 Å². The normalized spacial score (nSPS) is 46.7. The van der Waals surface area contributed by atoms with Gasteiger partial charge in [0.15, 0.2) is 22.9 Å². The van der Waals surface area contributed by atoms with E-state index in [9.17, 15) is 23.9 Å². The van der Waals surface area contributed by atoms with Gasteiger partial charge in [-0.2, -0.15) is 0 Å². The average molecular weight is 517 g/mol. The lowest BCUT2D eigenvalue weighted by atomic mass is 9.44. The molecule has 4 rings (SSSR count). The van der Waals surface area contributed by atoms with Crippen LogP contribution in [0.5, 0.6) is 0 Å². The van der Waals surface area contributed by atoms with Crippen LogP contribution in [0.15, 0.2) is 23.6 Å². The molecule has 0 radical (unpaired) electrons. The van der Waals surface area contributed by atoms with E-state index in [1.807, 2.05) is 0 Å². The minimum absolute atomic E-state index is 0.0701. The molecule has 9 atom stereocenters. The Morgan fingerprint density at radius 3 is 2.51 bits per heavy atom. The summed E-state index contributed by atoms with van der Waals surface area (Å²) in [7, 11) is 0. The molecule has 0 aromatic rings. The minimum Gasteiger partial charge on any atom is -0.450 e. The highest BCUT2D eigenvalue weighted by molar-refractivity contribution is 6.29. The van der Waals surface area contributed by atoms with Crippen LogP contribution in [0.4, 0.5) is 13.2 Å². The third-order valence-corrected chi connectivity index (χ3v) is 9.75. The van der Waals surface area contributed by atoms with Crippen molar-refractivity contribution in [3.05, 3.63) is 23.6 Å². The van der Waals surface area contributed by atoms with Crippen LogP contribution in [0.3, 0.4) is 0 Å². The molecule has 3 saturated carbocycles. The molecule has 4 aliphatic carbocycles. The Kier molecular flexibility index (Phi) is 6.36. The van der Waals surface area contributed by atoms with Gasteiger partial charge in [0.05, 0.1) is 12.0 Å². The Morgan fingerprint density at radius 1 is 1.26 bits per heavy atom. The fourth-order valence-electron chi connectivity index (χ4n) is 8.02. The van der Waals surface area contributed by atoms with Crippen molar-refractivity contribution in [3.63, 3.8) is 0 Å².